The van der Waals surface area contributed by atoms with Crippen molar-refractivity contribution in [3.63, 3.8) is 0 Å². The van der Waals surface area contributed by atoms with E-state index in [0.717, 1.165) is 5.56 Å². The van der Waals surface area contributed by atoms with E-state index >= 15 is 0 Å². The van der Waals surface area contributed by atoms with Crippen molar-refractivity contribution >= 4 is 10.0 Å². The first kappa shape index (κ1) is 14.2. The molecule has 1 aliphatic rings. The summed E-state index contributed by atoms with van der Waals surface area (Å²) in [6.45, 7) is 5.39. The lowest BCUT2D eigenvalue weighted by Gasteiger charge is -2.35. The van der Waals surface area contributed by atoms with E-state index in [9.17, 15) is 8.42 Å². The zero-order valence-corrected chi connectivity index (χ0v) is 11.6. The predicted octanol–water partition coefficient (Wildman–Crippen LogP) is 0.934. The second-order valence-corrected chi connectivity index (χ2v) is 6.55. The summed E-state index contributed by atoms with van der Waals surface area (Å²) in [6.07, 6.45) is 5.54. The van der Waals surface area contributed by atoms with Crippen LogP contribution < -0.4 is 5.32 Å². The molecule has 104 valence electrons. The molecule has 1 saturated heterocycles. The van der Waals surface area contributed by atoms with Gasteiger partial charge in [-0.1, -0.05) is 12.1 Å². The highest BCUT2D eigenvalue weighted by Gasteiger charge is 2.32. The third kappa shape index (κ3) is 3.40. The normalized spacial score (nSPS) is 21.2. The van der Waals surface area contributed by atoms with Gasteiger partial charge in [-0.05, 0) is 18.1 Å². The Morgan fingerprint density at radius 1 is 1.58 bits per heavy atom. The molecule has 1 aromatic heterocycles. The van der Waals surface area contributed by atoms with Crippen LogP contribution in [-0.4, -0.2) is 43.1 Å². The Morgan fingerprint density at radius 3 is 3.11 bits per heavy atom. The molecule has 1 fully saturated rings. The second kappa shape index (κ2) is 6.27. The largest absolute Gasteiger partial charge is 0.313 e. The third-order valence-electron chi connectivity index (χ3n) is 3.20. The molecule has 0 aliphatic carbocycles. The van der Waals surface area contributed by atoms with Crippen molar-refractivity contribution in [2.75, 3.05) is 25.4 Å². The Kier molecular flexibility index (Phi) is 4.68. The number of hydrogen-bond donors (Lipinski definition) is 1. The van der Waals surface area contributed by atoms with Gasteiger partial charge < -0.3 is 5.32 Å². The van der Waals surface area contributed by atoms with Crippen LogP contribution in [0.5, 0.6) is 0 Å². The first-order valence-electron chi connectivity index (χ1n) is 6.36. The van der Waals surface area contributed by atoms with Gasteiger partial charge in [0.05, 0.1) is 11.8 Å². The third-order valence-corrected chi connectivity index (χ3v) is 5.10. The van der Waals surface area contributed by atoms with Crippen LogP contribution in [0.2, 0.25) is 0 Å². The van der Waals surface area contributed by atoms with Gasteiger partial charge in [-0.2, -0.15) is 4.31 Å². The van der Waals surface area contributed by atoms with Crippen molar-refractivity contribution in [1.82, 2.24) is 14.6 Å². The van der Waals surface area contributed by atoms with Gasteiger partial charge in [-0.3, -0.25) is 4.98 Å². The number of rotatable bonds is 5. The highest BCUT2D eigenvalue weighted by atomic mass is 32.2. The number of aromatic nitrogens is 1. The number of hydrogen-bond acceptors (Lipinski definition) is 4. The molecule has 5 nitrogen and oxygen atoms in total. The lowest BCUT2D eigenvalue weighted by molar-refractivity contribution is 0.271. The maximum Gasteiger partial charge on any atom is 0.215 e. The molecule has 6 heteroatoms. The molecule has 0 bridgehead atoms. The predicted molar refractivity (Wildman–Crippen MR) is 75.2 cm³/mol. The molecule has 0 radical (unpaired) electrons. The summed E-state index contributed by atoms with van der Waals surface area (Å²) < 4.78 is 26.3. The van der Waals surface area contributed by atoms with Gasteiger partial charge in [0, 0.05) is 32.0 Å². The minimum Gasteiger partial charge on any atom is -0.313 e. The summed E-state index contributed by atoms with van der Waals surface area (Å²) in [6, 6.07) is 3.58. The smallest absolute Gasteiger partial charge is 0.215 e. The molecule has 2 heterocycles. The van der Waals surface area contributed by atoms with Crippen molar-refractivity contribution in [1.29, 1.82) is 0 Å². The number of piperazine rings is 1. The summed E-state index contributed by atoms with van der Waals surface area (Å²) in [5.41, 5.74) is 0.928. The van der Waals surface area contributed by atoms with Gasteiger partial charge >= 0.3 is 0 Å². The van der Waals surface area contributed by atoms with Crippen LogP contribution in [-0.2, 0) is 10.0 Å². The van der Waals surface area contributed by atoms with Gasteiger partial charge in [-0.25, -0.2) is 8.42 Å². The molecule has 0 aromatic carbocycles. The van der Waals surface area contributed by atoms with Gasteiger partial charge in [0.25, 0.3) is 0 Å². The van der Waals surface area contributed by atoms with Crippen LogP contribution in [0.3, 0.4) is 0 Å². The summed E-state index contributed by atoms with van der Waals surface area (Å²) in [4.78, 5) is 4.07. The van der Waals surface area contributed by atoms with Crippen molar-refractivity contribution in [3.05, 3.63) is 42.7 Å². The van der Waals surface area contributed by atoms with E-state index in [2.05, 4.69) is 16.9 Å². The van der Waals surface area contributed by atoms with Gasteiger partial charge in [0.2, 0.25) is 10.0 Å². The van der Waals surface area contributed by atoms with Crippen molar-refractivity contribution in [3.8, 4) is 0 Å². The second-order valence-electron chi connectivity index (χ2n) is 4.51. The highest BCUT2D eigenvalue weighted by Crippen LogP contribution is 2.24. The van der Waals surface area contributed by atoms with Crippen LogP contribution in [0.1, 0.15) is 18.0 Å². The number of nitrogens with zero attached hydrogens (tertiary/aromatic N) is 2. The molecule has 0 spiro atoms. The minimum absolute atomic E-state index is 0.118. The summed E-state index contributed by atoms with van der Waals surface area (Å²) in [7, 11) is -3.25. The lowest BCUT2D eigenvalue weighted by Crippen LogP contribution is -2.49. The maximum atomic E-state index is 12.4. The molecule has 2 rings (SSSR count). The zero-order valence-electron chi connectivity index (χ0n) is 10.8. The average molecular weight is 281 g/mol. The molecule has 0 saturated carbocycles. The molecule has 1 N–H and O–H groups in total. The first-order valence-corrected chi connectivity index (χ1v) is 7.97. The standard InChI is InChI=1S/C13H19N3O2S/c1-2-3-9-19(17,18)16-8-7-15-11-13(16)12-5-4-6-14-10-12/h2,4-6,10,13,15H,1,3,7-9,11H2. The van der Waals surface area contributed by atoms with Gasteiger partial charge in [-0.15, -0.1) is 6.58 Å². The highest BCUT2D eigenvalue weighted by molar-refractivity contribution is 7.89. The fourth-order valence-electron chi connectivity index (χ4n) is 2.23. The molecule has 1 aliphatic heterocycles. The Morgan fingerprint density at radius 2 is 2.42 bits per heavy atom. The molecule has 0 amide bonds. The Hall–Kier alpha value is -1.24. The molecule has 1 aromatic rings. The summed E-state index contributed by atoms with van der Waals surface area (Å²) in [5.74, 6) is 0.118. The van der Waals surface area contributed by atoms with E-state index in [1.54, 1.807) is 22.8 Å². The fraction of sp³-hybridized carbons (Fsp3) is 0.462. The SMILES string of the molecule is C=CCCS(=O)(=O)N1CCNCC1c1cccnc1. The van der Waals surface area contributed by atoms with Crippen molar-refractivity contribution in [2.45, 2.75) is 12.5 Å². The van der Waals surface area contributed by atoms with Crippen molar-refractivity contribution in [2.24, 2.45) is 0 Å². The zero-order chi connectivity index (χ0) is 13.7. The minimum atomic E-state index is -3.25. The lowest BCUT2D eigenvalue weighted by atomic mass is 10.1. The molecule has 1 atom stereocenters. The van der Waals surface area contributed by atoms with E-state index in [1.807, 2.05) is 12.1 Å². The van der Waals surface area contributed by atoms with Gasteiger partial charge in [0.15, 0.2) is 0 Å². The van der Waals surface area contributed by atoms with E-state index in [1.165, 1.54) is 0 Å². The average Bonchev–Trinajstić information content (AvgIpc) is 2.46. The van der Waals surface area contributed by atoms with Crippen LogP contribution in [0.15, 0.2) is 37.2 Å². The molecule has 19 heavy (non-hydrogen) atoms. The molecular weight excluding hydrogens is 262 g/mol. The quantitative estimate of drug-likeness (QED) is 0.816. The fourth-order valence-corrected chi connectivity index (χ4v) is 3.88. The van der Waals surface area contributed by atoms with Crippen LogP contribution in [0.25, 0.3) is 0 Å². The molecule has 1 unspecified atom stereocenters. The monoisotopic (exact) mass is 281 g/mol. The number of sulfonamides is 1. The van der Waals surface area contributed by atoms with Crippen LogP contribution in [0, 0.1) is 0 Å². The Balaban J connectivity index is 2.23. The summed E-state index contributed by atoms with van der Waals surface area (Å²) in [5, 5.41) is 3.24. The topological polar surface area (TPSA) is 62.3 Å². The van der Waals surface area contributed by atoms with Gasteiger partial charge in [0.1, 0.15) is 0 Å². The summed E-state index contributed by atoms with van der Waals surface area (Å²) >= 11 is 0. The van der Waals surface area contributed by atoms with E-state index < -0.39 is 10.0 Å². The first-order chi connectivity index (χ1) is 9.15. The Labute approximate surface area is 114 Å². The number of allylic oxidation sites excluding steroid dienone is 1. The number of pyridine rings is 1. The van der Waals surface area contributed by atoms with E-state index in [4.69, 9.17) is 0 Å². The van der Waals surface area contributed by atoms with E-state index in [-0.39, 0.29) is 11.8 Å². The van der Waals surface area contributed by atoms with E-state index in [0.29, 0.717) is 26.1 Å². The maximum absolute atomic E-state index is 12.4. The van der Waals surface area contributed by atoms with Crippen LogP contribution >= 0.6 is 0 Å². The van der Waals surface area contributed by atoms with Crippen LogP contribution in [0.4, 0.5) is 0 Å². The Bertz CT molecular complexity index is 516. The van der Waals surface area contributed by atoms with Crippen molar-refractivity contribution < 1.29 is 8.42 Å². The number of nitrogens with one attached hydrogen (secondary N) is 1. The molecular formula is C13H19N3O2S.